The largest absolute Gasteiger partial charge is 0.369 e. The molecule has 2 aromatic rings. The fraction of sp³-hybridized carbons (Fsp3) is 0.581. The first-order chi connectivity index (χ1) is 20.6. The molecule has 0 radical (unpaired) electrons. The molecule has 3 aliphatic heterocycles. The summed E-state index contributed by atoms with van der Waals surface area (Å²) in [6.45, 7) is 7.94. The number of benzene rings is 1. The van der Waals surface area contributed by atoms with E-state index in [1.807, 2.05) is 19.2 Å². The van der Waals surface area contributed by atoms with E-state index in [4.69, 9.17) is 20.6 Å². The quantitative estimate of drug-likeness (QED) is 0.341. The zero-order valence-corrected chi connectivity index (χ0v) is 26.2. The van der Waals surface area contributed by atoms with Crippen LogP contribution in [0.25, 0.3) is 11.3 Å². The number of amides is 2. The summed E-state index contributed by atoms with van der Waals surface area (Å²) >= 11 is 1.48. The summed E-state index contributed by atoms with van der Waals surface area (Å²) in [5.41, 5.74) is 0.968. The van der Waals surface area contributed by atoms with Crippen molar-refractivity contribution in [1.29, 1.82) is 0 Å². The molecule has 0 saturated carbocycles. The Morgan fingerprint density at radius 2 is 1.98 bits per heavy atom. The second kappa shape index (κ2) is 12.9. The average molecular weight is 614 g/mol. The molecule has 3 saturated heterocycles. The molecule has 0 aliphatic carbocycles. The number of rotatable bonds is 9. The van der Waals surface area contributed by atoms with Crippen LogP contribution in [-0.4, -0.2) is 111 Å². The van der Waals surface area contributed by atoms with Gasteiger partial charge in [0.05, 0.1) is 17.7 Å². The fourth-order valence-corrected chi connectivity index (χ4v) is 7.05. The number of likely N-dealkylation sites (tertiary alicyclic amines) is 1. The Bertz CT molecular complexity index is 1370. The van der Waals surface area contributed by atoms with Crippen LogP contribution in [0.3, 0.4) is 0 Å². The molecule has 5 rings (SSSR count). The summed E-state index contributed by atoms with van der Waals surface area (Å²) in [6.07, 6.45) is 5.71. The second-order valence-electron chi connectivity index (χ2n) is 11.9. The van der Waals surface area contributed by atoms with E-state index in [9.17, 15) is 9.59 Å². The maximum Gasteiger partial charge on any atom is 0.252 e. The van der Waals surface area contributed by atoms with E-state index >= 15 is 4.39 Å². The molecule has 232 valence electrons. The lowest BCUT2D eigenvalue weighted by atomic mass is 9.98. The number of carbonyl (C=O) groups excluding carboxylic acids is 2. The lowest BCUT2D eigenvalue weighted by molar-refractivity contribution is -0.227. The van der Waals surface area contributed by atoms with Gasteiger partial charge in [0.1, 0.15) is 24.5 Å². The first kappa shape index (κ1) is 31.3. The van der Waals surface area contributed by atoms with Gasteiger partial charge in [-0.05, 0) is 37.6 Å². The number of methoxy groups -OCH3 is 2. The van der Waals surface area contributed by atoms with Crippen LogP contribution in [0.2, 0.25) is 0 Å². The van der Waals surface area contributed by atoms with Gasteiger partial charge in [0, 0.05) is 63.5 Å². The molecule has 3 aliphatic rings. The third-order valence-corrected chi connectivity index (χ3v) is 9.54. The minimum absolute atomic E-state index is 0.0868. The van der Waals surface area contributed by atoms with Crippen molar-refractivity contribution in [2.24, 2.45) is 11.8 Å². The Hall–Kier alpha value is -3.08. The number of hydrogen-bond acceptors (Lipinski definition) is 9. The Morgan fingerprint density at radius 1 is 1.26 bits per heavy atom. The number of terminal acetylenes is 1. The number of likely N-dealkylation sites (N-methyl/N-ethyl adjacent to an activating group) is 1. The van der Waals surface area contributed by atoms with Crippen molar-refractivity contribution in [3.63, 3.8) is 0 Å². The SMILES string of the molecule is C#CC1CN(C(=O)C(CC(C)C)NC(=O)c2ccc(-c3csc(N4CCN(C)CC4)n3)c(F)c2)C2C1OCC2(OC)OC. The number of fused-ring (bicyclic) bond motifs is 1. The highest BCUT2D eigenvalue weighted by molar-refractivity contribution is 7.14. The summed E-state index contributed by atoms with van der Waals surface area (Å²) in [6, 6.07) is 2.88. The van der Waals surface area contributed by atoms with Gasteiger partial charge < -0.3 is 34.2 Å². The molecule has 1 aromatic carbocycles. The molecule has 1 aromatic heterocycles. The standard InChI is InChI=1S/C31H40FN5O5S/c1-7-20-16-37(27-26(20)42-18-31(27,40-5)41-6)29(39)24(14-19(2)3)33-28(38)21-8-9-22(23(32)15-21)25-17-43-30(34-25)36-12-10-35(4)11-13-36/h1,8-9,15,17,19-20,24,26-27H,10-14,16,18H2,2-6H3,(H,33,38). The van der Waals surface area contributed by atoms with Crippen molar-refractivity contribution in [1.82, 2.24) is 20.1 Å². The van der Waals surface area contributed by atoms with E-state index in [1.165, 1.54) is 31.6 Å². The van der Waals surface area contributed by atoms with Gasteiger partial charge in [0.15, 0.2) is 5.13 Å². The Morgan fingerprint density at radius 3 is 2.60 bits per heavy atom. The zero-order chi connectivity index (χ0) is 30.9. The Kier molecular flexibility index (Phi) is 9.39. The van der Waals surface area contributed by atoms with Crippen LogP contribution >= 0.6 is 11.3 Å². The van der Waals surface area contributed by atoms with E-state index in [1.54, 1.807) is 17.0 Å². The Labute approximate surface area is 256 Å². The van der Waals surface area contributed by atoms with Crippen LogP contribution in [-0.2, 0) is 19.0 Å². The van der Waals surface area contributed by atoms with Gasteiger partial charge in [-0.2, -0.15) is 0 Å². The van der Waals surface area contributed by atoms with Gasteiger partial charge in [-0.1, -0.05) is 19.8 Å². The number of aromatic nitrogens is 1. The molecule has 0 bridgehead atoms. The highest BCUT2D eigenvalue weighted by atomic mass is 32.1. The highest BCUT2D eigenvalue weighted by Gasteiger charge is 2.61. The molecular weight excluding hydrogens is 573 g/mol. The molecular formula is C31H40FN5O5S. The third kappa shape index (κ3) is 6.14. The van der Waals surface area contributed by atoms with Crippen LogP contribution in [0.1, 0.15) is 30.6 Å². The molecule has 12 heteroatoms. The molecule has 4 unspecified atom stereocenters. The van der Waals surface area contributed by atoms with Gasteiger partial charge in [-0.25, -0.2) is 9.37 Å². The number of nitrogens with zero attached hydrogens (tertiary/aromatic N) is 4. The van der Waals surface area contributed by atoms with Crippen molar-refractivity contribution in [2.75, 3.05) is 65.5 Å². The minimum Gasteiger partial charge on any atom is -0.369 e. The van der Waals surface area contributed by atoms with Crippen LogP contribution in [0.15, 0.2) is 23.6 Å². The van der Waals surface area contributed by atoms with E-state index in [0.29, 0.717) is 17.7 Å². The summed E-state index contributed by atoms with van der Waals surface area (Å²) in [7, 11) is 5.10. The summed E-state index contributed by atoms with van der Waals surface area (Å²) < 4.78 is 32.7. The van der Waals surface area contributed by atoms with Gasteiger partial charge in [-0.3, -0.25) is 9.59 Å². The summed E-state index contributed by atoms with van der Waals surface area (Å²) in [4.78, 5) is 38.2. The second-order valence-corrected chi connectivity index (χ2v) is 12.7. The van der Waals surface area contributed by atoms with Gasteiger partial charge >= 0.3 is 0 Å². The van der Waals surface area contributed by atoms with Gasteiger partial charge in [-0.15, -0.1) is 17.8 Å². The third-order valence-electron chi connectivity index (χ3n) is 8.64. The number of carbonyl (C=O) groups is 2. The molecule has 1 N–H and O–H groups in total. The minimum atomic E-state index is -1.17. The van der Waals surface area contributed by atoms with Crippen LogP contribution in [0.5, 0.6) is 0 Å². The number of halogens is 1. The fourth-order valence-electron chi connectivity index (χ4n) is 6.17. The molecule has 2 amide bonds. The number of anilines is 1. The average Bonchev–Trinajstić information content (AvgIpc) is 3.72. The van der Waals surface area contributed by atoms with E-state index < -0.39 is 35.7 Å². The molecule has 10 nitrogen and oxygen atoms in total. The van der Waals surface area contributed by atoms with Crippen LogP contribution in [0, 0.1) is 30.0 Å². The molecule has 0 spiro atoms. The lowest BCUT2D eigenvalue weighted by Gasteiger charge is -2.37. The van der Waals surface area contributed by atoms with Crippen molar-refractivity contribution in [2.45, 2.75) is 44.2 Å². The molecule has 3 fully saturated rings. The predicted molar refractivity (Wildman–Crippen MR) is 162 cm³/mol. The number of piperazine rings is 1. The lowest BCUT2D eigenvalue weighted by Crippen LogP contribution is -2.58. The number of hydrogen-bond donors (Lipinski definition) is 1. The first-order valence-electron chi connectivity index (χ1n) is 14.6. The first-order valence-corrected chi connectivity index (χ1v) is 15.5. The van der Waals surface area contributed by atoms with Crippen molar-refractivity contribution in [3.05, 3.63) is 35.0 Å². The number of nitrogens with one attached hydrogen (secondary N) is 1. The molecule has 43 heavy (non-hydrogen) atoms. The zero-order valence-electron chi connectivity index (χ0n) is 25.3. The van der Waals surface area contributed by atoms with Crippen LogP contribution < -0.4 is 10.2 Å². The predicted octanol–water partition coefficient (Wildman–Crippen LogP) is 2.69. The molecule has 4 atom stereocenters. The normalized spacial score (nSPS) is 24.2. The smallest absolute Gasteiger partial charge is 0.252 e. The van der Waals surface area contributed by atoms with Gasteiger partial charge in [0.25, 0.3) is 5.91 Å². The topological polar surface area (TPSA) is 96.5 Å². The van der Waals surface area contributed by atoms with Gasteiger partial charge in [0.2, 0.25) is 11.7 Å². The molecule has 4 heterocycles. The van der Waals surface area contributed by atoms with Crippen LogP contribution in [0.4, 0.5) is 9.52 Å². The maximum absolute atomic E-state index is 15.4. The monoisotopic (exact) mass is 613 g/mol. The van der Waals surface area contributed by atoms with Crippen molar-refractivity contribution < 1.29 is 28.2 Å². The highest BCUT2D eigenvalue weighted by Crippen LogP contribution is 2.41. The van der Waals surface area contributed by atoms with Crippen molar-refractivity contribution >= 4 is 28.3 Å². The summed E-state index contributed by atoms with van der Waals surface area (Å²) in [5.74, 6) is -0.106. The maximum atomic E-state index is 15.4. The van der Waals surface area contributed by atoms with E-state index in [0.717, 1.165) is 31.3 Å². The Balaban J connectivity index is 1.33. The van der Waals surface area contributed by atoms with E-state index in [2.05, 4.69) is 33.1 Å². The summed E-state index contributed by atoms with van der Waals surface area (Å²) in [5, 5.41) is 5.55. The number of thiazole rings is 1. The number of ether oxygens (including phenoxy) is 3. The van der Waals surface area contributed by atoms with E-state index in [-0.39, 0.29) is 36.5 Å². The van der Waals surface area contributed by atoms with Crippen molar-refractivity contribution in [3.8, 4) is 23.6 Å².